The van der Waals surface area contributed by atoms with Gasteiger partial charge in [0.2, 0.25) is 0 Å². The maximum atomic E-state index is 11.8. The first-order valence-corrected chi connectivity index (χ1v) is 6.64. The minimum absolute atomic E-state index is 0.185. The highest BCUT2D eigenvalue weighted by molar-refractivity contribution is 7.38. The van der Waals surface area contributed by atoms with E-state index in [1.165, 1.54) is 28.7 Å². The van der Waals surface area contributed by atoms with Crippen LogP contribution in [0.5, 0.6) is 0 Å². The van der Waals surface area contributed by atoms with Crippen LogP contribution in [-0.4, -0.2) is 23.1 Å². The lowest BCUT2D eigenvalue weighted by atomic mass is 10.2. The van der Waals surface area contributed by atoms with Crippen molar-refractivity contribution in [1.29, 1.82) is 0 Å². The van der Waals surface area contributed by atoms with Crippen molar-refractivity contribution in [3.63, 3.8) is 0 Å². The Morgan fingerprint density at radius 3 is 2.71 bits per heavy atom. The molecule has 0 radical (unpaired) electrons. The van der Waals surface area contributed by atoms with Gasteiger partial charge in [0.15, 0.2) is 0 Å². The zero-order valence-electron chi connectivity index (χ0n) is 9.22. The lowest BCUT2D eigenvalue weighted by molar-refractivity contribution is 0.0380. The summed E-state index contributed by atoms with van der Waals surface area (Å²) in [6.45, 7) is 3.55. The third kappa shape index (κ3) is 2.32. The number of rotatable bonds is 3. The second-order valence-electron chi connectivity index (χ2n) is 3.72. The van der Waals surface area contributed by atoms with Crippen LogP contribution in [0.25, 0.3) is 9.40 Å². The van der Waals surface area contributed by atoms with E-state index in [1.54, 1.807) is 19.2 Å². The van der Waals surface area contributed by atoms with Crippen molar-refractivity contribution in [2.45, 2.75) is 20.0 Å². The van der Waals surface area contributed by atoms with Crippen molar-refractivity contribution in [2.24, 2.45) is 0 Å². The molecular weight excluding hydrogens is 260 g/mol. The maximum absolute atomic E-state index is 11.8. The van der Waals surface area contributed by atoms with Crippen LogP contribution in [0.3, 0.4) is 0 Å². The average Bonchev–Trinajstić information content (AvgIpc) is 2.73. The first kappa shape index (κ1) is 12.1. The summed E-state index contributed by atoms with van der Waals surface area (Å²) in [4.78, 5) is 22.8. The summed E-state index contributed by atoms with van der Waals surface area (Å²) in [7, 11) is 0. The zero-order valence-corrected chi connectivity index (χ0v) is 10.9. The van der Waals surface area contributed by atoms with Gasteiger partial charge in [0.25, 0.3) is 0 Å². The van der Waals surface area contributed by atoms with Gasteiger partial charge < -0.3 is 9.84 Å². The molecule has 0 saturated carbocycles. The van der Waals surface area contributed by atoms with Crippen LogP contribution in [0.15, 0.2) is 11.4 Å². The molecule has 0 amide bonds. The molecule has 4 nitrogen and oxygen atoms in total. The minimum atomic E-state index is -0.971. The quantitative estimate of drug-likeness (QED) is 0.870. The highest BCUT2D eigenvalue weighted by Gasteiger charge is 2.18. The van der Waals surface area contributed by atoms with E-state index >= 15 is 0 Å². The molecule has 0 spiro atoms. The van der Waals surface area contributed by atoms with Crippen molar-refractivity contribution in [1.82, 2.24) is 0 Å². The van der Waals surface area contributed by atoms with Gasteiger partial charge in [0.1, 0.15) is 4.88 Å². The van der Waals surface area contributed by atoms with Gasteiger partial charge in [-0.1, -0.05) is 0 Å². The Labute approximate surface area is 105 Å². The molecule has 0 aromatic carbocycles. The molecule has 0 fully saturated rings. The van der Waals surface area contributed by atoms with Crippen LogP contribution in [0.4, 0.5) is 0 Å². The number of ether oxygens (including phenoxy) is 1. The molecular formula is C11H10O4S2. The molecule has 17 heavy (non-hydrogen) atoms. The second kappa shape index (κ2) is 4.46. The van der Waals surface area contributed by atoms with Crippen molar-refractivity contribution in [2.75, 3.05) is 0 Å². The molecule has 0 unspecified atom stereocenters. The lowest BCUT2D eigenvalue weighted by Gasteiger charge is -2.06. The van der Waals surface area contributed by atoms with E-state index in [-0.39, 0.29) is 11.0 Å². The normalized spacial score (nSPS) is 11.0. The summed E-state index contributed by atoms with van der Waals surface area (Å²) in [5, 5.41) is 11.3. The summed E-state index contributed by atoms with van der Waals surface area (Å²) >= 11 is 2.54. The summed E-state index contributed by atoms with van der Waals surface area (Å²) < 4.78 is 5.93. The molecule has 1 N–H and O–H groups in total. The smallest absolute Gasteiger partial charge is 0.345 e. The Bertz CT molecular complexity index is 579. The fourth-order valence-corrected chi connectivity index (χ4v) is 3.46. The van der Waals surface area contributed by atoms with Crippen LogP contribution in [0.1, 0.15) is 33.9 Å². The standard InChI is InChI=1S/C11H10O4S2/c1-5(2)15-10(14)7-4-16-11-6(7)3-8(17-11)9(12)13/h3-5H,1-2H3,(H,12,13). The van der Waals surface area contributed by atoms with Crippen LogP contribution in [0.2, 0.25) is 0 Å². The number of carboxylic acids is 1. The van der Waals surface area contributed by atoms with Crippen LogP contribution in [-0.2, 0) is 4.74 Å². The number of hydrogen-bond acceptors (Lipinski definition) is 5. The lowest BCUT2D eigenvalue weighted by Crippen LogP contribution is -2.10. The molecule has 90 valence electrons. The molecule has 0 saturated heterocycles. The van der Waals surface area contributed by atoms with Gasteiger partial charge in [-0.05, 0) is 19.9 Å². The summed E-state index contributed by atoms with van der Waals surface area (Å²) in [5.74, 6) is -1.37. The molecule has 0 atom stereocenters. The fraction of sp³-hybridized carbons (Fsp3) is 0.273. The van der Waals surface area contributed by atoms with E-state index in [1.807, 2.05) is 0 Å². The van der Waals surface area contributed by atoms with E-state index in [2.05, 4.69) is 0 Å². The Morgan fingerprint density at radius 1 is 1.41 bits per heavy atom. The number of esters is 1. The molecule has 0 bridgehead atoms. The van der Waals surface area contributed by atoms with Gasteiger partial charge in [0.05, 0.1) is 15.7 Å². The summed E-state index contributed by atoms with van der Waals surface area (Å²) in [6, 6.07) is 1.52. The number of hydrogen-bond donors (Lipinski definition) is 1. The number of carbonyl (C=O) groups is 2. The Kier molecular flexibility index (Phi) is 3.17. The Balaban J connectivity index is 2.41. The van der Waals surface area contributed by atoms with Gasteiger partial charge in [-0.15, -0.1) is 22.7 Å². The van der Waals surface area contributed by atoms with Crippen LogP contribution < -0.4 is 0 Å². The number of carbonyl (C=O) groups excluding carboxylic acids is 1. The topological polar surface area (TPSA) is 63.6 Å². The molecule has 2 heterocycles. The van der Waals surface area contributed by atoms with Crippen LogP contribution >= 0.6 is 22.7 Å². The fourth-order valence-electron chi connectivity index (χ4n) is 1.37. The summed E-state index contributed by atoms with van der Waals surface area (Å²) in [6.07, 6.45) is -0.185. The van der Waals surface area contributed by atoms with E-state index in [0.29, 0.717) is 10.9 Å². The zero-order chi connectivity index (χ0) is 12.6. The molecule has 6 heteroatoms. The molecule has 2 aromatic heterocycles. The van der Waals surface area contributed by atoms with E-state index in [9.17, 15) is 9.59 Å². The Hall–Kier alpha value is -1.40. The number of fused-ring (bicyclic) bond motifs is 1. The Morgan fingerprint density at radius 2 is 2.12 bits per heavy atom. The highest BCUT2D eigenvalue weighted by atomic mass is 32.2. The first-order valence-electron chi connectivity index (χ1n) is 4.94. The second-order valence-corrected chi connectivity index (χ2v) is 5.91. The number of carboxylic acid groups (broad SMARTS) is 1. The van der Waals surface area contributed by atoms with Crippen molar-refractivity contribution < 1.29 is 19.4 Å². The van der Waals surface area contributed by atoms with E-state index in [4.69, 9.17) is 9.84 Å². The number of thiophene rings is 2. The minimum Gasteiger partial charge on any atom is -0.477 e. The van der Waals surface area contributed by atoms with Gasteiger partial charge in [-0.3, -0.25) is 0 Å². The molecule has 2 aromatic rings. The van der Waals surface area contributed by atoms with Gasteiger partial charge >= 0.3 is 11.9 Å². The SMILES string of the molecule is CC(C)OC(=O)c1csc2sc(C(=O)O)cc12. The van der Waals surface area contributed by atoms with Gasteiger partial charge in [-0.25, -0.2) is 9.59 Å². The predicted molar refractivity (Wildman–Crippen MR) is 67.2 cm³/mol. The largest absolute Gasteiger partial charge is 0.477 e. The van der Waals surface area contributed by atoms with Crippen LogP contribution in [0, 0.1) is 0 Å². The first-order chi connectivity index (χ1) is 7.99. The summed E-state index contributed by atoms with van der Waals surface area (Å²) in [5.41, 5.74) is 0.447. The molecule has 0 aliphatic carbocycles. The molecule has 2 rings (SSSR count). The molecule has 0 aliphatic heterocycles. The van der Waals surface area contributed by atoms with Gasteiger partial charge in [0, 0.05) is 10.8 Å². The van der Waals surface area contributed by atoms with E-state index < -0.39 is 11.9 Å². The average molecular weight is 270 g/mol. The van der Waals surface area contributed by atoms with Crippen molar-refractivity contribution in [3.05, 3.63) is 21.9 Å². The monoisotopic (exact) mass is 270 g/mol. The maximum Gasteiger partial charge on any atom is 0.345 e. The van der Waals surface area contributed by atoms with Crippen molar-refractivity contribution in [3.8, 4) is 0 Å². The van der Waals surface area contributed by atoms with E-state index in [0.717, 1.165) is 4.01 Å². The van der Waals surface area contributed by atoms with Crippen molar-refractivity contribution >= 4 is 44.0 Å². The molecule has 0 aliphatic rings. The van der Waals surface area contributed by atoms with Gasteiger partial charge in [-0.2, -0.15) is 0 Å². The third-order valence-corrected chi connectivity index (χ3v) is 4.29. The predicted octanol–water partition coefficient (Wildman–Crippen LogP) is 3.23. The third-order valence-electron chi connectivity index (χ3n) is 2.05. The highest BCUT2D eigenvalue weighted by Crippen LogP contribution is 2.34. The number of aromatic carboxylic acids is 1.